The predicted molar refractivity (Wildman–Crippen MR) is 80.0 cm³/mol. The van der Waals surface area contributed by atoms with Gasteiger partial charge in [-0.3, -0.25) is 0 Å². The second-order valence-electron chi connectivity index (χ2n) is 4.31. The van der Waals surface area contributed by atoms with Gasteiger partial charge in [0.2, 0.25) is 0 Å². The molecule has 0 bridgehead atoms. The van der Waals surface area contributed by atoms with Gasteiger partial charge >= 0.3 is 0 Å². The molecular formula is C15H13BrN2O. The molecule has 0 spiro atoms. The third-order valence-corrected chi connectivity index (χ3v) is 3.55. The van der Waals surface area contributed by atoms with Gasteiger partial charge in [-0.15, -0.1) is 0 Å². The molecule has 1 heterocycles. The minimum absolute atomic E-state index is 0.0986. The lowest BCUT2D eigenvalue weighted by molar-refractivity contribution is 0.278. The summed E-state index contributed by atoms with van der Waals surface area (Å²) in [5.74, 6) is 0.886. The molecule has 0 saturated carbocycles. The van der Waals surface area contributed by atoms with Crippen LogP contribution in [0.15, 0.2) is 53.0 Å². The van der Waals surface area contributed by atoms with Gasteiger partial charge in [-0.1, -0.05) is 40.2 Å². The predicted octanol–water partition coefficient (Wildman–Crippen LogP) is 3.46. The number of imidazole rings is 1. The lowest BCUT2D eigenvalue weighted by Crippen LogP contribution is -2.04. The molecule has 0 atom stereocenters. The highest BCUT2D eigenvalue weighted by molar-refractivity contribution is 9.10. The largest absolute Gasteiger partial charge is 0.395 e. The van der Waals surface area contributed by atoms with Crippen LogP contribution in [0.3, 0.4) is 0 Å². The Morgan fingerprint density at radius 1 is 1.11 bits per heavy atom. The first-order chi connectivity index (χ1) is 9.29. The van der Waals surface area contributed by atoms with E-state index in [-0.39, 0.29) is 6.61 Å². The maximum Gasteiger partial charge on any atom is 0.141 e. The summed E-state index contributed by atoms with van der Waals surface area (Å²) in [6, 6.07) is 16.0. The molecule has 0 fully saturated rings. The summed E-state index contributed by atoms with van der Waals surface area (Å²) in [5, 5.41) is 9.27. The summed E-state index contributed by atoms with van der Waals surface area (Å²) in [6.45, 7) is 0.643. The molecule has 0 amide bonds. The summed E-state index contributed by atoms with van der Waals surface area (Å²) in [4.78, 5) is 4.67. The molecule has 0 aliphatic rings. The Labute approximate surface area is 119 Å². The van der Waals surface area contributed by atoms with Crippen LogP contribution in [0.2, 0.25) is 0 Å². The minimum Gasteiger partial charge on any atom is -0.395 e. The Bertz CT molecular complexity index is 721. The smallest absolute Gasteiger partial charge is 0.141 e. The van der Waals surface area contributed by atoms with Crippen LogP contribution in [-0.2, 0) is 6.54 Å². The average Bonchev–Trinajstić information content (AvgIpc) is 2.79. The Morgan fingerprint density at radius 2 is 1.95 bits per heavy atom. The second-order valence-corrected chi connectivity index (χ2v) is 5.23. The van der Waals surface area contributed by atoms with Crippen molar-refractivity contribution in [3.05, 3.63) is 53.0 Å². The number of hydrogen-bond acceptors (Lipinski definition) is 2. The Hall–Kier alpha value is -1.65. The van der Waals surface area contributed by atoms with Crippen molar-refractivity contribution in [3.8, 4) is 11.4 Å². The van der Waals surface area contributed by atoms with Gasteiger partial charge in [0, 0.05) is 16.6 Å². The fourth-order valence-electron chi connectivity index (χ4n) is 2.25. The molecule has 0 aliphatic heterocycles. The summed E-state index contributed by atoms with van der Waals surface area (Å²) in [5.41, 5.74) is 3.04. The average molecular weight is 317 g/mol. The summed E-state index contributed by atoms with van der Waals surface area (Å²) >= 11 is 3.48. The maximum absolute atomic E-state index is 9.27. The zero-order valence-electron chi connectivity index (χ0n) is 10.3. The first-order valence-corrected chi connectivity index (χ1v) is 6.91. The number of benzene rings is 2. The zero-order chi connectivity index (χ0) is 13.2. The maximum atomic E-state index is 9.27. The fraction of sp³-hybridized carbons (Fsp3) is 0.133. The number of aromatic nitrogens is 2. The van der Waals surface area contributed by atoms with Gasteiger partial charge in [-0.2, -0.15) is 0 Å². The quantitative estimate of drug-likeness (QED) is 0.803. The number of hydrogen-bond donors (Lipinski definition) is 1. The van der Waals surface area contributed by atoms with E-state index in [0.717, 1.165) is 26.9 Å². The van der Waals surface area contributed by atoms with Crippen LogP contribution in [0.25, 0.3) is 22.4 Å². The highest BCUT2D eigenvalue weighted by atomic mass is 79.9. The summed E-state index contributed by atoms with van der Waals surface area (Å²) < 4.78 is 3.07. The molecule has 3 nitrogen and oxygen atoms in total. The standard InChI is InChI=1S/C15H13BrN2O/c16-12-5-3-4-11(10-12)15-17-13-6-1-2-7-14(13)18(15)8-9-19/h1-7,10,19H,8-9H2. The van der Waals surface area contributed by atoms with Crippen molar-refractivity contribution in [2.75, 3.05) is 6.61 Å². The van der Waals surface area contributed by atoms with Gasteiger partial charge in [0.1, 0.15) is 5.82 Å². The molecule has 19 heavy (non-hydrogen) atoms. The normalized spacial score (nSPS) is 11.1. The first kappa shape index (κ1) is 12.4. The SMILES string of the molecule is OCCn1c(-c2cccc(Br)c2)nc2ccccc21. The molecule has 3 rings (SSSR count). The van der Waals surface area contributed by atoms with Crippen molar-refractivity contribution in [2.45, 2.75) is 6.54 Å². The Kier molecular flexibility index (Phi) is 3.36. The van der Waals surface area contributed by atoms with E-state index < -0.39 is 0 Å². The van der Waals surface area contributed by atoms with Gasteiger partial charge in [-0.05, 0) is 24.3 Å². The van der Waals surface area contributed by atoms with E-state index in [9.17, 15) is 5.11 Å². The van der Waals surface area contributed by atoms with Crippen LogP contribution in [0.1, 0.15) is 0 Å². The molecule has 1 aromatic heterocycles. The molecule has 3 aromatic rings. The zero-order valence-corrected chi connectivity index (χ0v) is 11.8. The van der Waals surface area contributed by atoms with E-state index in [2.05, 4.69) is 25.5 Å². The van der Waals surface area contributed by atoms with Crippen molar-refractivity contribution in [3.63, 3.8) is 0 Å². The summed E-state index contributed by atoms with van der Waals surface area (Å²) in [6.07, 6.45) is 0. The number of aliphatic hydroxyl groups excluding tert-OH is 1. The third kappa shape index (κ3) is 2.29. The first-order valence-electron chi connectivity index (χ1n) is 6.11. The molecule has 0 saturated heterocycles. The van der Waals surface area contributed by atoms with E-state index in [1.54, 1.807) is 0 Å². The molecular weight excluding hydrogens is 304 g/mol. The van der Waals surface area contributed by atoms with Gasteiger partial charge in [0.05, 0.1) is 17.6 Å². The monoisotopic (exact) mass is 316 g/mol. The van der Waals surface area contributed by atoms with Gasteiger partial charge in [0.15, 0.2) is 0 Å². The van der Waals surface area contributed by atoms with E-state index in [1.165, 1.54) is 0 Å². The molecule has 0 unspecified atom stereocenters. The van der Waals surface area contributed by atoms with Crippen LogP contribution in [0.4, 0.5) is 0 Å². The number of fused-ring (bicyclic) bond motifs is 1. The highest BCUT2D eigenvalue weighted by Gasteiger charge is 2.11. The lowest BCUT2D eigenvalue weighted by Gasteiger charge is -2.07. The molecule has 96 valence electrons. The molecule has 0 aliphatic carbocycles. The topological polar surface area (TPSA) is 38.0 Å². The van der Waals surface area contributed by atoms with Crippen LogP contribution in [0.5, 0.6) is 0 Å². The van der Waals surface area contributed by atoms with Crippen molar-refractivity contribution in [1.82, 2.24) is 9.55 Å². The van der Waals surface area contributed by atoms with E-state index in [1.807, 2.05) is 48.5 Å². The van der Waals surface area contributed by atoms with Crippen molar-refractivity contribution in [1.29, 1.82) is 0 Å². The van der Waals surface area contributed by atoms with Gasteiger partial charge in [0.25, 0.3) is 0 Å². The van der Waals surface area contributed by atoms with E-state index in [0.29, 0.717) is 6.54 Å². The highest BCUT2D eigenvalue weighted by Crippen LogP contribution is 2.26. The van der Waals surface area contributed by atoms with Crippen LogP contribution in [-0.4, -0.2) is 21.3 Å². The van der Waals surface area contributed by atoms with Crippen LogP contribution < -0.4 is 0 Å². The number of aliphatic hydroxyl groups is 1. The van der Waals surface area contributed by atoms with E-state index in [4.69, 9.17) is 0 Å². The third-order valence-electron chi connectivity index (χ3n) is 3.06. The van der Waals surface area contributed by atoms with Crippen molar-refractivity contribution in [2.24, 2.45) is 0 Å². The van der Waals surface area contributed by atoms with E-state index >= 15 is 0 Å². The molecule has 0 radical (unpaired) electrons. The molecule has 2 aromatic carbocycles. The number of para-hydroxylation sites is 2. The van der Waals surface area contributed by atoms with Gasteiger partial charge < -0.3 is 9.67 Å². The summed E-state index contributed by atoms with van der Waals surface area (Å²) in [7, 11) is 0. The molecule has 1 N–H and O–H groups in total. The second kappa shape index (κ2) is 5.15. The lowest BCUT2D eigenvalue weighted by atomic mass is 10.2. The number of halogens is 1. The van der Waals surface area contributed by atoms with Gasteiger partial charge in [-0.25, -0.2) is 4.98 Å². The van der Waals surface area contributed by atoms with Crippen LogP contribution >= 0.6 is 15.9 Å². The fourth-order valence-corrected chi connectivity index (χ4v) is 2.65. The minimum atomic E-state index is 0.0986. The Balaban J connectivity index is 2.25. The van der Waals surface area contributed by atoms with Crippen LogP contribution in [0, 0.1) is 0 Å². The Morgan fingerprint density at radius 3 is 2.74 bits per heavy atom. The van der Waals surface area contributed by atoms with Crippen molar-refractivity contribution >= 4 is 27.0 Å². The number of rotatable bonds is 3. The molecule has 4 heteroatoms. The number of nitrogens with zero attached hydrogens (tertiary/aromatic N) is 2. The van der Waals surface area contributed by atoms with Crippen molar-refractivity contribution < 1.29 is 5.11 Å².